The summed E-state index contributed by atoms with van der Waals surface area (Å²) in [4.78, 5) is 21.9. The summed E-state index contributed by atoms with van der Waals surface area (Å²) in [7, 11) is 0. The fraction of sp³-hybridized carbons (Fsp3) is 0.200. The number of Topliss-reactive ketones (excluding diaryl/α,β-unsaturated/α-hetero) is 1. The van der Waals surface area contributed by atoms with Crippen LogP contribution >= 0.6 is 15.9 Å². The van der Waals surface area contributed by atoms with E-state index in [2.05, 4.69) is 15.9 Å². The van der Waals surface area contributed by atoms with Crippen LogP contribution in [0.25, 0.3) is 0 Å². The number of rotatable bonds is 3. The van der Waals surface area contributed by atoms with E-state index in [0.29, 0.717) is 5.75 Å². The van der Waals surface area contributed by atoms with Gasteiger partial charge in [0.2, 0.25) is 5.78 Å². The van der Waals surface area contributed by atoms with Crippen LogP contribution in [0.3, 0.4) is 0 Å². The maximum Gasteiger partial charge on any atom is 0.379 e. The maximum absolute atomic E-state index is 11.0. The molecule has 0 radical (unpaired) electrons. The number of carbonyl (C=O) groups is 2. The van der Waals surface area contributed by atoms with Crippen LogP contribution in [0.15, 0.2) is 28.7 Å². The van der Waals surface area contributed by atoms with Gasteiger partial charge >= 0.3 is 5.97 Å². The first-order chi connectivity index (χ1) is 6.63. The first-order valence-electron chi connectivity index (χ1n) is 4.14. The first-order valence-corrected chi connectivity index (χ1v) is 4.93. The van der Waals surface area contributed by atoms with Crippen molar-refractivity contribution < 1.29 is 14.3 Å². The molecule has 0 saturated heterocycles. The lowest BCUT2D eigenvalue weighted by Crippen LogP contribution is -2.19. The fourth-order valence-electron chi connectivity index (χ4n) is 0.811. The van der Waals surface area contributed by atoms with E-state index in [9.17, 15) is 9.59 Å². The predicted molar refractivity (Wildman–Crippen MR) is 55.1 cm³/mol. The second-order valence-electron chi connectivity index (χ2n) is 2.62. The summed E-state index contributed by atoms with van der Waals surface area (Å²) in [5, 5.41) is 0. The van der Waals surface area contributed by atoms with Crippen molar-refractivity contribution in [1.29, 1.82) is 0 Å². The van der Waals surface area contributed by atoms with Crippen molar-refractivity contribution in [3.05, 3.63) is 28.7 Å². The summed E-state index contributed by atoms with van der Waals surface area (Å²) >= 11 is 3.25. The average molecular weight is 257 g/mol. The third kappa shape index (κ3) is 2.96. The number of esters is 1. The largest absolute Gasteiger partial charge is 0.421 e. The van der Waals surface area contributed by atoms with Gasteiger partial charge in [-0.1, -0.05) is 22.9 Å². The molecule has 0 aromatic heterocycles. The van der Waals surface area contributed by atoms with Gasteiger partial charge < -0.3 is 4.74 Å². The van der Waals surface area contributed by atoms with Crippen molar-refractivity contribution in [2.45, 2.75) is 13.3 Å². The van der Waals surface area contributed by atoms with Gasteiger partial charge in [-0.2, -0.15) is 0 Å². The van der Waals surface area contributed by atoms with Crippen LogP contribution in [0, 0.1) is 0 Å². The minimum absolute atomic E-state index is 0.162. The first kappa shape index (κ1) is 10.9. The van der Waals surface area contributed by atoms with Crippen molar-refractivity contribution in [2.24, 2.45) is 0 Å². The standard InChI is InChI=1S/C10H9BrO3/c1-2-9(12)10(13)14-8-5-3-7(11)4-6-8/h3-6H,2H2,1H3. The molecular formula is C10H9BrO3. The number of carbonyl (C=O) groups excluding carboxylic acids is 2. The lowest BCUT2D eigenvalue weighted by atomic mass is 10.3. The van der Waals surface area contributed by atoms with Crippen molar-refractivity contribution >= 4 is 27.7 Å². The summed E-state index contributed by atoms with van der Waals surface area (Å²) in [6.07, 6.45) is 0.162. The highest BCUT2D eigenvalue weighted by Crippen LogP contribution is 2.16. The van der Waals surface area contributed by atoms with Gasteiger partial charge in [-0.25, -0.2) is 4.79 Å². The monoisotopic (exact) mass is 256 g/mol. The summed E-state index contributed by atoms with van der Waals surface area (Å²) < 4.78 is 5.70. The molecule has 4 heteroatoms. The fourth-order valence-corrected chi connectivity index (χ4v) is 1.08. The number of hydrogen-bond donors (Lipinski definition) is 0. The SMILES string of the molecule is CCC(=O)C(=O)Oc1ccc(Br)cc1. The molecule has 1 aromatic rings. The number of ether oxygens (including phenoxy) is 1. The molecule has 1 rings (SSSR count). The quantitative estimate of drug-likeness (QED) is 0.474. The number of halogens is 1. The van der Waals surface area contributed by atoms with E-state index >= 15 is 0 Å². The zero-order valence-electron chi connectivity index (χ0n) is 7.62. The molecule has 0 aliphatic carbocycles. The van der Waals surface area contributed by atoms with Crippen LogP contribution in [0.1, 0.15) is 13.3 Å². The Morgan fingerprint density at radius 3 is 2.36 bits per heavy atom. The highest BCUT2D eigenvalue weighted by Gasteiger charge is 2.13. The third-order valence-electron chi connectivity index (χ3n) is 1.57. The third-order valence-corrected chi connectivity index (χ3v) is 2.10. The molecule has 3 nitrogen and oxygen atoms in total. The zero-order valence-corrected chi connectivity index (χ0v) is 9.21. The molecule has 14 heavy (non-hydrogen) atoms. The molecule has 0 aliphatic heterocycles. The topological polar surface area (TPSA) is 43.4 Å². The van der Waals surface area contributed by atoms with E-state index in [0.717, 1.165) is 4.47 Å². The second-order valence-corrected chi connectivity index (χ2v) is 3.54. The molecule has 0 atom stereocenters. The number of hydrogen-bond acceptors (Lipinski definition) is 3. The smallest absolute Gasteiger partial charge is 0.379 e. The highest BCUT2D eigenvalue weighted by atomic mass is 79.9. The summed E-state index contributed by atoms with van der Waals surface area (Å²) in [6, 6.07) is 6.70. The molecule has 1 aromatic carbocycles. The van der Waals surface area contributed by atoms with Crippen LogP contribution in [-0.4, -0.2) is 11.8 Å². The number of benzene rings is 1. The maximum atomic E-state index is 11.0. The molecule has 0 fully saturated rings. The molecule has 0 bridgehead atoms. The molecule has 0 heterocycles. The lowest BCUT2D eigenvalue weighted by Gasteiger charge is -2.01. The van der Waals surface area contributed by atoms with Crippen molar-refractivity contribution in [1.82, 2.24) is 0 Å². The van der Waals surface area contributed by atoms with E-state index in [1.807, 2.05) is 0 Å². The predicted octanol–water partition coefficient (Wildman–Crippen LogP) is 2.33. The normalized spacial score (nSPS) is 9.57. The Hall–Kier alpha value is -1.16. The van der Waals surface area contributed by atoms with Gasteiger partial charge in [-0.05, 0) is 24.3 Å². The van der Waals surface area contributed by atoms with Crippen LogP contribution in [-0.2, 0) is 9.59 Å². The van der Waals surface area contributed by atoms with Crippen LogP contribution < -0.4 is 4.74 Å². The van der Waals surface area contributed by atoms with E-state index in [1.54, 1.807) is 31.2 Å². The van der Waals surface area contributed by atoms with E-state index in [1.165, 1.54) is 0 Å². The van der Waals surface area contributed by atoms with Gasteiger partial charge in [0.25, 0.3) is 0 Å². The molecule has 0 N–H and O–H groups in total. The molecule has 0 saturated carbocycles. The van der Waals surface area contributed by atoms with Crippen molar-refractivity contribution in [2.75, 3.05) is 0 Å². The van der Waals surface area contributed by atoms with E-state index in [4.69, 9.17) is 4.74 Å². The van der Waals surface area contributed by atoms with Crippen LogP contribution in [0.5, 0.6) is 5.75 Å². The molecule has 0 spiro atoms. The second kappa shape index (κ2) is 4.91. The minimum Gasteiger partial charge on any atom is -0.421 e. The molecule has 0 amide bonds. The Labute approximate surface area is 90.2 Å². The van der Waals surface area contributed by atoms with Crippen molar-refractivity contribution in [3.63, 3.8) is 0 Å². The Kier molecular flexibility index (Phi) is 3.83. The van der Waals surface area contributed by atoms with E-state index < -0.39 is 11.8 Å². The molecule has 0 aliphatic rings. The Balaban J connectivity index is 2.65. The van der Waals surface area contributed by atoms with Gasteiger partial charge in [0.1, 0.15) is 5.75 Å². The van der Waals surface area contributed by atoms with Gasteiger partial charge in [0.05, 0.1) is 0 Å². The average Bonchev–Trinajstić information content (AvgIpc) is 2.20. The van der Waals surface area contributed by atoms with Gasteiger partial charge in [0.15, 0.2) is 0 Å². The van der Waals surface area contributed by atoms with E-state index in [-0.39, 0.29) is 6.42 Å². The van der Waals surface area contributed by atoms with Crippen molar-refractivity contribution in [3.8, 4) is 5.75 Å². The van der Waals surface area contributed by atoms with Crippen LogP contribution in [0.4, 0.5) is 0 Å². The van der Waals surface area contributed by atoms with Gasteiger partial charge in [-0.15, -0.1) is 0 Å². The summed E-state index contributed by atoms with van der Waals surface area (Å²) in [5.74, 6) is -0.956. The molecule has 74 valence electrons. The Morgan fingerprint density at radius 1 is 1.29 bits per heavy atom. The van der Waals surface area contributed by atoms with Crippen LogP contribution in [0.2, 0.25) is 0 Å². The zero-order chi connectivity index (χ0) is 10.6. The summed E-state index contributed by atoms with van der Waals surface area (Å²) in [6.45, 7) is 1.62. The Morgan fingerprint density at radius 2 is 1.86 bits per heavy atom. The lowest BCUT2D eigenvalue weighted by molar-refractivity contribution is -0.146. The van der Waals surface area contributed by atoms with Gasteiger partial charge in [0, 0.05) is 10.9 Å². The number of ketones is 1. The minimum atomic E-state index is -0.810. The highest BCUT2D eigenvalue weighted by molar-refractivity contribution is 9.10. The summed E-state index contributed by atoms with van der Waals surface area (Å²) in [5.41, 5.74) is 0. The molecule has 0 unspecified atom stereocenters. The Bertz CT molecular complexity index is 343. The molecular weight excluding hydrogens is 248 g/mol. The van der Waals surface area contributed by atoms with Gasteiger partial charge in [-0.3, -0.25) is 4.79 Å².